The van der Waals surface area contributed by atoms with Crippen LogP contribution in [0.15, 0.2) is 48.5 Å². The van der Waals surface area contributed by atoms with Gasteiger partial charge in [-0.2, -0.15) is 0 Å². The minimum Gasteiger partial charge on any atom is -0.486 e. The molecule has 1 unspecified atom stereocenters. The average Bonchev–Trinajstić information content (AvgIpc) is 3.11. The third-order valence-electron chi connectivity index (χ3n) is 4.84. The Balaban J connectivity index is 1.59. The summed E-state index contributed by atoms with van der Waals surface area (Å²) in [6, 6.07) is 14.4. The van der Waals surface area contributed by atoms with Crippen molar-refractivity contribution in [2.75, 3.05) is 35.2 Å². The molecular weight excluding hydrogens is 380 g/mol. The van der Waals surface area contributed by atoms with Crippen LogP contribution in [-0.2, 0) is 14.8 Å². The fourth-order valence-corrected chi connectivity index (χ4v) is 4.44. The second-order valence-electron chi connectivity index (χ2n) is 6.96. The van der Waals surface area contributed by atoms with Crippen LogP contribution < -0.4 is 18.7 Å². The number of fused-ring (bicyclic) bond motifs is 1. The molecule has 148 valence electrons. The van der Waals surface area contributed by atoms with Crippen LogP contribution in [0.5, 0.6) is 11.5 Å². The first-order chi connectivity index (χ1) is 13.4. The topological polar surface area (TPSA) is 76.2 Å². The molecule has 0 N–H and O–H groups in total. The van der Waals surface area contributed by atoms with Crippen LogP contribution in [0.4, 0.5) is 11.4 Å². The van der Waals surface area contributed by atoms with Crippen molar-refractivity contribution in [3.05, 3.63) is 48.5 Å². The van der Waals surface area contributed by atoms with Crippen LogP contribution in [-0.4, -0.2) is 46.4 Å². The molecule has 7 nitrogen and oxygen atoms in total. The molecule has 0 saturated carbocycles. The van der Waals surface area contributed by atoms with Crippen molar-refractivity contribution >= 4 is 27.3 Å². The minimum absolute atomic E-state index is 0.0590. The van der Waals surface area contributed by atoms with E-state index in [1.54, 1.807) is 29.2 Å². The van der Waals surface area contributed by atoms with Crippen LogP contribution in [0.1, 0.15) is 12.8 Å². The van der Waals surface area contributed by atoms with E-state index in [4.69, 9.17) is 9.47 Å². The van der Waals surface area contributed by atoms with Gasteiger partial charge in [0.1, 0.15) is 6.61 Å². The first-order valence-electron chi connectivity index (χ1n) is 9.18. The zero-order valence-electron chi connectivity index (χ0n) is 15.6. The van der Waals surface area contributed by atoms with Crippen molar-refractivity contribution in [1.29, 1.82) is 0 Å². The number of hydrogen-bond donors (Lipinski definition) is 0. The SMILES string of the molecule is CS(=O)(=O)N(CC1COc2ccccc2O1)c1cccc(N2CCCC2=O)c1. The Hall–Kier alpha value is -2.74. The lowest BCUT2D eigenvalue weighted by atomic mass is 10.2. The van der Waals surface area contributed by atoms with Crippen LogP contribution >= 0.6 is 0 Å². The number of para-hydroxylation sites is 2. The Kier molecular flexibility index (Phi) is 4.89. The van der Waals surface area contributed by atoms with Crippen molar-refractivity contribution in [1.82, 2.24) is 0 Å². The number of carbonyl (C=O) groups is 1. The normalized spacial score (nSPS) is 19.0. The maximum absolute atomic E-state index is 12.5. The van der Waals surface area contributed by atoms with Gasteiger partial charge in [-0.25, -0.2) is 8.42 Å². The number of rotatable bonds is 5. The van der Waals surface area contributed by atoms with Gasteiger partial charge in [0.2, 0.25) is 15.9 Å². The van der Waals surface area contributed by atoms with Gasteiger partial charge in [0, 0.05) is 18.7 Å². The van der Waals surface area contributed by atoms with Crippen molar-refractivity contribution < 1.29 is 22.7 Å². The molecule has 0 aromatic heterocycles. The van der Waals surface area contributed by atoms with E-state index >= 15 is 0 Å². The molecule has 2 aliphatic heterocycles. The lowest BCUT2D eigenvalue weighted by Crippen LogP contribution is -2.43. The summed E-state index contributed by atoms with van der Waals surface area (Å²) in [4.78, 5) is 13.7. The molecule has 8 heteroatoms. The highest BCUT2D eigenvalue weighted by Gasteiger charge is 2.28. The Morgan fingerprint density at radius 1 is 1.14 bits per heavy atom. The van der Waals surface area contributed by atoms with E-state index in [2.05, 4.69) is 0 Å². The van der Waals surface area contributed by atoms with Crippen LogP contribution in [0, 0.1) is 0 Å². The summed E-state index contributed by atoms with van der Waals surface area (Å²) in [5.74, 6) is 1.31. The largest absolute Gasteiger partial charge is 0.486 e. The van der Waals surface area contributed by atoms with Gasteiger partial charge in [0.15, 0.2) is 17.6 Å². The van der Waals surface area contributed by atoms with E-state index in [1.165, 1.54) is 4.31 Å². The summed E-state index contributed by atoms with van der Waals surface area (Å²) < 4.78 is 37.9. The number of hydrogen-bond acceptors (Lipinski definition) is 5. The van der Waals surface area contributed by atoms with Gasteiger partial charge in [-0.05, 0) is 36.8 Å². The predicted octanol–water partition coefficient (Wildman–Crippen LogP) is 2.42. The summed E-state index contributed by atoms with van der Waals surface area (Å²) in [5.41, 5.74) is 1.21. The summed E-state index contributed by atoms with van der Waals surface area (Å²) in [7, 11) is -3.55. The molecule has 0 radical (unpaired) electrons. The number of nitrogens with zero attached hydrogens (tertiary/aromatic N) is 2. The van der Waals surface area contributed by atoms with Crippen LogP contribution in [0.2, 0.25) is 0 Å². The van der Waals surface area contributed by atoms with E-state index in [1.807, 2.05) is 24.3 Å². The van der Waals surface area contributed by atoms with Crippen molar-refractivity contribution in [3.8, 4) is 11.5 Å². The van der Waals surface area contributed by atoms with Gasteiger partial charge < -0.3 is 14.4 Å². The standard InChI is InChI=1S/C20H22N2O5S/c1-28(24,25)22(13-17-14-26-18-8-2-3-9-19(18)27-17)16-7-4-6-15(12-16)21-11-5-10-20(21)23/h2-4,6-9,12,17H,5,10-11,13-14H2,1H3. The van der Waals surface area contributed by atoms with Gasteiger partial charge in [-0.3, -0.25) is 9.10 Å². The number of sulfonamides is 1. The van der Waals surface area contributed by atoms with E-state index in [9.17, 15) is 13.2 Å². The first kappa shape index (κ1) is 18.6. The van der Waals surface area contributed by atoms with E-state index in [0.29, 0.717) is 35.8 Å². The molecule has 28 heavy (non-hydrogen) atoms. The van der Waals surface area contributed by atoms with Crippen LogP contribution in [0.3, 0.4) is 0 Å². The Morgan fingerprint density at radius 2 is 1.93 bits per heavy atom. The Morgan fingerprint density at radius 3 is 2.64 bits per heavy atom. The van der Waals surface area contributed by atoms with E-state index in [-0.39, 0.29) is 19.1 Å². The van der Waals surface area contributed by atoms with E-state index < -0.39 is 16.1 Å². The molecule has 2 aromatic carbocycles. The lowest BCUT2D eigenvalue weighted by Gasteiger charge is -2.31. The fraction of sp³-hybridized carbons (Fsp3) is 0.350. The fourth-order valence-electron chi connectivity index (χ4n) is 3.51. The van der Waals surface area contributed by atoms with Gasteiger partial charge >= 0.3 is 0 Å². The highest BCUT2D eigenvalue weighted by molar-refractivity contribution is 7.92. The molecule has 2 aromatic rings. The summed E-state index contributed by atoms with van der Waals surface area (Å²) in [6.45, 7) is 1.02. The van der Waals surface area contributed by atoms with E-state index in [0.717, 1.165) is 12.7 Å². The maximum Gasteiger partial charge on any atom is 0.232 e. The molecule has 0 spiro atoms. The van der Waals surface area contributed by atoms with Crippen LogP contribution in [0.25, 0.3) is 0 Å². The monoisotopic (exact) mass is 402 g/mol. The maximum atomic E-state index is 12.5. The van der Waals surface area contributed by atoms with Crippen molar-refractivity contribution in [2.24, 2.45) is 0 Å². The third kappa shape index (κ3) is 3.77. The highest BCUT2D eigenvalue weighted by atomic mass is 32.2. The molecule has 0 bridgehead atoms. The molecule has 2 aliphatic rings. The molecule has 0 aliphatic carbocycles. The molecule has 1 fully saturated rings. The number of amides is 1. The van der Waals surface area contributed by atoms with Gasteiger partial charge in [-0.1, -0.05) is 18.2 Å². The average molecular weight is 402 g/mol. The summed E-state index contributed by atoms with van der Waals surface area (Å²) in [6.07, 6.45) is 2.05. The summed E-state index contributed by atoms with van der Waals surface area (Å²) in [5, 5.41) is 0. The molecule has 1 atom stereocenters. The second kappa shape index (κ2) is 7.35. The third-order valence-corrected chi connectivity index (χ3v) is 6.00. The van der Waals surface area contributed by atoms with Crippen molar-refractivity contribution in [3.63, 3.8) is 0 Å². The molecule has 1 amide bonds. The highest BCUT2D eigenvalue weighted by Crippen LogP contribution is 2.32. The number of carbonyl (C=O) groups excluding carboxylic acids is 1. The molecule has 2 heterocycles. The lowest BCUT2D eigenvalue weighted by molar-refractivity contribution is -0.117. The first-order valence-corrected chi connectivity index (χ1v) is 11.0. The predicted molar refractivity (Wildman–Crippen MR) is 107 cm³/mol. The van der Waals surface area contributed by atoms with Crippen molar-refractivity contribution in [2.45, 2.75) is 18.9 Å². The quantitative estimate of drug-likeness (QED) is 0.768. The van der Waals surface area contributed by atoms with Gasteiger partial charge in [0.25, 0.3) is 0 Å². The second-order valence-corrected chi connectivity index (χ2v) is 8.87. The Bertz CT molecular complexity index is 992. The molecule has 4 rings (SSSR count). The zero-order valence-corrected chi connectivity index (χ0v) is 16.4. The zero-order chi connectivity index (χ0) is 19.7. The molecule has 1 saturated heterocycles. The smallest absolute Gasteiger partial charge is 0.232 e. The molecular formula is C20H22N2O5S. The summed E-state index contributed by atoms with van der Waals surface area (Å²) >= 11 is 0. The Labute approximate surface area is 164 Å². The number of ether oxygens (including phenoxy) is 2. The van der Waals surface area contributed by atoms with Gasteiger partial charge in [-0.15, -0.1) is 0 Å². The minimum atomic E-state index is -3.55. The number of benzene rings is 2. The van der Waals surface area contributed by atoms with Gasteiger partial charge in [0.05, 0.1) is 18.5 Å². The number of anilines is 2.